The van der Waals surface area contributed by atoms with Crippen LogP contribution in [0.4, 0.5) is 15.8 Å². The van der Waals surface area contributed by atoms with Gasteiger partial charge < -0.3 is 10.6 Å². The molecule has 5 nitrogen and oxygen atoms in total. The minimum atomic E-state index is -0.600. The van der Waals surface area contributed by atoms with Gasteiger partial charge in [-0.2, -0.15) is 0 Å². The van der Waals surface area contributed by atoms with Crippen molar-refractivity contribution in [1.29, 1.82) is 0 Å². The Morgan fingerprint density at radius 1 is 1.00 bits per heavy atom. The molecule has 138 valence electrons. The van der Waals surface area contributed by atoms with Gasteiger partial charge >= 0.3 is 0 Å². The summed E-state index contributed by atoms with van der Waals surface area (Å²) in [5, 5.41) is 5.92. The molecule has 0 bridgehead atoms. The van der Waals surface area contributed by atoms with Gasteiger partial charge in [-0.05, 0) is 37.4 Å². The van der Waals surface area contributed by atoms with Crippen LogP contribution in [0.25, 0.3) is 0 Å². The van der Waals surface area contributed by atoms with Gasteiger partial charge in [0, 0.05) is 5.02 Å². The third kappa shape index (κ3) is 5.85. The summed E-state index contributed by atoms with van der Waals surface area (Å²) in [7, 11) is 1.57. The standard InChI is InChI=1S/C17H15Cl3FN3O2/c1-24(8-15(25)22-14-7-10(18)5-6-13(14)21)9-16(26)23-17-11(19)3-2-4-12(17)20/h2-7H,8-9H2,1H3,(H,22,25)(H,23,26). The van der Waals surface area contributed by atoms with Gasteiger partial charge in [-0.25, -0.2) is 4.39 Å². The molecule has 0 aliphatic heterocycles. The van der Waals surface area contributed by atoms with Crippen molar-refractivity contribution in [3.8, 4) is 0 Å². The highest BCUT2D eigenvalue weighted by Crippen LogP contribution is 2.29. The molecule has 0 aliphatic rings. The largest absolute Gasteiger partial charge is 0.322 e. The van der Waals surface area contributed by atoms with Crippen molar-refractivity contribution in [3.05, 3.63) is 57.3 Å². The number of halogens is 4. The summed E-state index contributed by atoms with van der Waals surface area (Å²) in [5.41, 5.74) is 0.280. The van der Waals surface area contributed by atoms with Crippen LogP contribution in [0.3, 0.4) is 0 Å². The maximum absolute atomic E-state index is 13.6. The number of hydrogen-bond donors (Lipinski definition) is 2. The lowest BCUT2D eigenvalue weighted by Crippen LogP contribution is -2.36. The third-order valence-electron chi connectivity index (χ3n) is 3.26. The molecule has 0 radical (unpaired) electrons. The highest BCUT2D eigenvalue weighted by atomic mass is 35.5. The molecular weight excluding hydrogens is 404 g/mol. The molecule has 2 aromatic rings. The van der Waals surface area contributed by atoms with E-state index in [0.29, 0.717) is 20.8 Å². The van der Waals surface area contributed by atoms with Crippen molar-refractivity contribution in [2.24, 2.45) is 0 Å². The molecule has 2 rings (SSSR count). The molecule has 0 saturated heterocycles. The predicted molar refractivity (Wildman–Crippen MR) is 103 cm³/mol. The maximum Gasteiger partial charge on any atom is 0.238 e. The lowest BCUT2D eigenvalue weighted by Gasteiger charge is -2.17. The van der Waals surface area contributed by atoms with Gasteiger partial charge in [0.15, 0.2) is 0 Å². The summed E-state index contributed by atoms with van der Waals surface area (Å²) in [6.07, 6.45) is 0. The molecule has 2 aromatic carbocycles. The molecule has 2 amide bonds. The van der Waals surface area contributed by atoms with Crippen LogP contribution in [0.5, 0.6) is 0 Å². The van der Waals surface area contributed by atoms with Gasteiger partial charge in [0.1, 0.15) is 5.82 Å². The summed E-state index contributed by atoms with van der Waals surface area (Å²) in [5.74, 6) is -1.49. The Balaban J connectivity index is 1.89. The smallest absolute Gasteiger partial charge is 0.238 e. The van der Waals surface area contributed by atoms with E-state index >= 15 is 0 Å². The van der Waals surface area contributed by atoms with E-state index in [1.165, 1.54) is 17.0 Å². The number of carbonyl (C=O) groups excluding carboxylic acids is 2. The fourth-order valence-electron chi connectivity index (χ4n) is 2.13. The van der Waals surface area contributed by atoms with Crippen molar-refractivity contribution in [3.63, 3.8) is 0 Å². The van der Waals surface area contributed by atoms with E-state index in [-0.39, 0.29) is 18.8 Å². The third-order valence-corrected chi connectivity index (χ3v) is 4.12. The van der Waals surface area contributed by atoms with Crippen LogP contribution in [0, 0.1) is 5.82 Å². The maximum atomic E-state index is 13.6. The first-order chi connectivity index (χ1) is 12.3. The summed E-state index contributed by atoms with van der Waals surface area (Å²) < 4.78 is 13.6. The zero-order chi connectivity index (χ0) is 19.3. The first-order valence-corrected chi connectivity index (χ1v) is 8.57. The van der Waals surface area contributed by atoms with E-state index in [2.05, 4.69) is 10.6 Å². The van der Waals surface area contributed by atoms with Crippen LogP contribution in [-0.4, -0.2) is 36.9 Å². The van der Waals surface area contributed by atoms with Gasteiger partial charge in [-0.15, -0.1) is 0 Å². The molecule has 0 aliphatic carbocycles. The van der Waals surface area contributed by atoms with Crippen LogP contribution in [0.1, 0.15) is 0 Å². The van der Waals surface area contributed by atoms with Gasteiger partial charge in [0.05, 0.1) is 34.5 Å². The predicted octanol–water partition coefficient (Wildman–Crippen LogP) is 4.29. The average Bonchev–Trinajstić information content (AvgIpc) is 2.54. The quantitative estimate of drug-likeness (QED) is 0.735. The summed E-state index contributed by atoms with van der Waals surface area (Å²) in [6, 6.07) is 8.69. The molecule has 0 heterocycles. The van der Waals surface area contributed by atoms with Crippen molar-refractivity contribution < 1.29 is 14.0 Å². The van der Waals surface area contributed by atoms with Crippen LogP contribution in [-0.2, 0) is 9.59 Å². The van der Waals surface area contributed by atoms with E-state index in [4.69, 9.17) is 34.8 Å². The second-order valence-electron chi connectivity index (χ2n) is 5.49. The molecular formula is C17H15Cl3FN3O2. The van der Waals surface area contributed by atoms with Gasteiger partial charge in [-0.1, -0.05) is 40.9 Å². The van der Waals surface area contributed by atoms with E-state index in [0.717, 1.165) is 6.07 Å². The summed E-state index contributed by atoms with van der Waals surface area (Å²) in [6.45, 7) is -0.220. The monoisotopic (exact) mass is 417 g/mol. The Hall–Kier alpha value is -1.86. The zero-order valence-corrected chi connectivity index (χ0v) is 15.9. The highest BCUT2D eigenvalue weighted by molar-refractivity contribution is 6.39. The lowest BCUT2D eigenvalue weighted by atomic mass is 10.3. The molecule has 2 N–H and O–H groups in total. The molecule has 0 aromatic heterocycles. The van der Waals surface area contributed by atoms with Crippen LogP contribution < -0.4 is 10.6 Å². The van der Waals surface area contributed by atoms with Gasteiger partial charge in [-0.3, -0.25) is 14.5 Å². The Kier molecular flexibility index (Phi) is 7.23. The Morgan fingerprint density at radius 2 is 1.58 bits per heavy atom. The summed E-state index contributed by atoms with van der Waals surface area (Å²) >= 11 is 17.8. The van der Waals surface area contributed by atoms with E-state index in [9.17, 15) is 14.0 Å². The first kappa shape index (κ1) is 20.5. The number of amides is 2. The molecule has 9 heteroatoms. The second kappa shape index (κ2) is 9.19. The Morgan fingerprint density at radius 3 is 2.19 bits per heavy atom. The molecule has 26 heavy (non-hydrogen) atoms. The van der Waals surface area contributed by atoms with E-state index in [1.54, 1.807) is 25.2 Å². The number of nitrogens with zero attached hydrogens (tertiary/aromatic N) is 1. The number of rotatable bonds is 6. The number of benzene rings is 2. The topological polar surface area (TPSA) is 61.4 Å². The van der Waals surface area contributed by atoms with Crippen molar-refractivity contribution in [2.45, 2.75) is 0 Å². The normalized spacial score (nSPS) is 10.7. The SMILES string of the molecule is CN(CC(=O)Nc1cc(Cl)ccc1F)CC(=O)Nc1c(Cl)cccc1Cl. The average molecular weight is 419 g/mol. The van der Waals surface area contributed by atoms with E-state index in [1.807, 2.05) is 0 Å². The molecule has 0 spiro atoms. The van der Waals surface area contributed by atoms with Gasteiger partial charge in [0.25, 0.3) is 0 Å². The Bertz CT molecular complexity index is 813. The second-order valence-corrected chi connectivity index (χ2v) is 6.74. The molecule has 0 saturated carbocycles. The zero-order valence-electron chi connectivity index (χ0n) is 13.7. The van der Waals surface area contributed by atoms with E-state index < -0.39 is 17.6 Å². The minimum absolute atomic E-state index is 0.0248. The Labute approximate surface area is 165 Å². The number of hydrogen-bond acceptors (Lipinski definition) is 3. The summed E-state index contributed by atoms with van der Waals surface area (Å²) in [4.78, 5) is 25.5. The number of likely N-dealkylation sites (N-methyl/N-ethyl adjacent to an activating group) is 1. The minimum Gasteiger partial charge on any atom is -0.322 e. The number of anilines is 2. The van der Waals surface area contributed by atoms with Crippen molar-refractivity contribution >= 4 is 58.0 Å². The number of carbonyl (C=O) groups is 2. The van der Waals surface area contributed by atoms with Gasteiger partial charge in [0.2, 0.25) is 11.8 Å². The van der Waals surface area contributed by atoms with Crippen molar-refractivity contribution in [2.75, 3.05) is 30.8 Å². The highest BCUT2D eigenvalue weighted by Gasteiger charge is 2.15. The molecule has 0 atom stereocenters. The van der Waals surface area contributed by atoms with Crippen molar-refractivity contribution in [1.82, 2.24) is 4.90 Å². The molecule has 0 unspecified atom stereocenters. The fourth-order valence-corrected chi connectivity index (χ4v) is 2.79. The lowest BCUT2D eigenvalue weighted by molar-refractivity contribution is -0.119. The first-order valence-electron chi connectivity index (χ1n) is 7.43. The van der Waals surface area contributed by atoms with Crippen LogP contribution in [0.2, 0.25) is 15.1 Å². The number of nitrogens with one attached hydrogen (secondary N) is 2. The van der Waals surface area contributed by atoms with Crippen LogP contribution in [0.15, 0.2) is 36.4 Å². The van der Waals surface area contributed by atoms with Crippen LogP contribution >= 0.6 is 34.8 Å². The molecule has 0 fully saturated rings. The number of para-hydroxylation sites is 1. The fraction of sp³-hybridized carbons (Fsp3) is 0.176.